The smallest absolute Gasteiger partial charge is 0.112 e. The summed E-state index contributed by atoms with van der Waals surface area (Å²) in [5.74, 6) is 0. The summed E-state index contributed by atoms with van der Waals surface area (Å²) in [4.78, 5) is 4.31. The first-order valence-corrected chi connectivity index (χ1v) is 4.81. The summed E-state index contributed by atoms with van der Waals surface area (Å²) in [6, 6.07) is 1.97. The average Bonchev–Trinajstić information content (AvgIpc) is 2.74. The van der Waals surface area contributed by atoms with Gasteiger partial charge < -0.3 is 4.57 Å². The second-order valence-electron chi connectivity index (χ2n) is 3.37. The summed E-state index contributed by atoms with van der Waals surface area (Å²) in [6.45, 7) is 3.17. The zero-order chi connectivity index (χ0) is 9.97. The molecule has 2 heterocycles. The molecule has 0 saturated carbocycles. The summed E-state index contributed by atoms with van der Waals surface area (Å²) in [6.07, 6.45) is 6.94. The highest BCUT2D eigenvalue weighted by Crippen LogP contribution is 2.13. The summed E-state index contributed by atoms with van der Waals surface area (Å²) >= 11 is 0. The van der Waals surface area contributed by atoms with E-state index < -0.39 is 0 Å². The lowest BCUT2D eigenvalue weighted by Gasteiger charge is -1.94. The van der Waals surface area contributed by atoms with Crippen molar-refractivity contribution in [2.24, 2.45) is 7.05 Å². The van der Waals surface area contributed by atoms with Crippen molar-refractivity contribution in [3.05, 3.63) is 24.8 Å². The minimum atomic E-state index is 0.933. The number of hydrogen-bond donors (Lipinski definition) is 0. The SMILES string of the molecule is CCCn1cnc(-c2ccn(C)n2)c1. The van der Waals surface area contributed by atoms with Gasteiger partial charge in [0.1, 0.15) is 11.4 Å². The van der Waals surface area contributed by atoms with Crippen LogP contribution in [0.2, 0.25) is 0 Å². The van der Waals surface area contributed by atoms with Crippen molar-refractivity contribution >= 4 is 0 Å². The van der Waals surface area contributed by atoms with Crippen molar-refractivity contribution in [2.75, 3.05) is 0 Å². The molecule has 0 aromatic carbocycles. The van der Waals surface area contributed by atoms with Gasteiger partial charge in [0.25, 0.3) is 0 Å². The Morgan fingerprint density at radius 3 is 2.86 bits per heavy atom. The monoisotopic (exact) mass is 190 g/mol. The van der Waals surface area contributed by atoms with Crippen LogP contribution in [0.3, 0.4) is 0 Å². The summed E-state index contributed by atoms with van der Waals surface area (Å²) in [7, 11) is 1.91. The van der Waals surface area contributed by atoms with E-state index in [-0.39, 0.29) is 0 Å². The molecule has 0 aliphatic heterocycles. The normalized spacial score (nSPS) is 10.7. The standard InChI is InChI=1S/C10H14N4/c1-3-5-14-7-10(11-8-14)9-4-6-13(2)12-9/h4,6-8H,3,5H2,1-2H3. The second-order valence-corrected chi connectivity index (χ2v) is 3.37. The van der Waals surface area contributed by atoms with Crippen LogP contribution in [0.25, 0.3) is 11.4 Å². The Morgan fingerprint density at radius 2 is 2.21 bits per heavy atom. The Bertz CT molecular complexity index is 413. The molecule has 0 aliphatic rings. The summed E-state index contributed by atoms with van der Waals surface area (Å²) in [5.41, 5.74) is 1.88. The van der Waals surface area contributed by atoms with E-state index in [1.165, 1.54) is 0 Å². The summed E-state index contributed by atoms with van der Waals surface area (Å²) in [5, 5.41) is 4.30. The van der Waals surface area contributed by atoms with E-state index in [0.717, 1.165) is 24.4 Å². The Labute approximate surface area is 83.2 Å². The van der Waals surface area contributed by atoms with Gasteiger partial charge in [-0.15, -0.1) is 0 Å². The Balaban J connectivity index is 2.24. The first-order valence-electron chi connectivity index (χ1n) is 4.81. The molecule has 0 spiro atoms. The van der Waals surface area contributed by atoms with E-state index in [1.807, 2.05) is 31.8 Å². The molecular formula is C10H14N4. The molecule has 2 aromatic heterocycles. The van der Waals surface area contributed by atoms with Crippen molar-refractivity contribution in [3.63, 3.8) is 0 Å². The van der Waals surface area contributed by atoms with E-state index in [2.05, 4.69) is 21.6 Å². The summed E-state index contributed by atoms with van der Waals surface area (Å²) < 4.78 is 3.87. The average molecular weight is 190 g/mol. The maximum absolute atomic E-state index is 4.31. The zero-order valence-corrected chi connectivity index (χ0v) is 8.51. The predicted molar refractivity (Wildman–Crippen MR) is 54.7 cm³/mol. The van der Waals surface area contributed by atoms with Gasteiger partial charge in [-0.2, -0.15) is 5.10 Å². The van der Waals surface area contributed by atoms with Gasteiger partial charge >= 0.3 is 0 Å². The number of aromatic nitrogens is 4. The fraction of sp³-hybridized carbons (Fsp3) is 0.400. The van der Waals surface area contributed by atoms with E-state index in [0.29, 0.717) is 0 Å². The van der Waals surface area contributed by atoms with Crippen LogP contribution >= 0.6 is 0 Å². The molecule has 2 aromatic rings. The Hall–Kier alpha value is -1.58. The molecule has 0 amide bonds. The van der Waals surface area contributed by atoms with Crippen LogP contribution in [-0.4, -0.2) is 19.3 Å². The van der Waals surface area contributed by atoms with Crippen molar-refractivity contribution in [1.29, 1.82) is 0 Å². The van der Waals surface area contributed by atoms with Crippen LogP contribution in [-0.2, 0) is 13.6 Å². The van der Waals surface area contributed by atoms with Gasteiger partial charge in [0.2, 0.25) is 0 Å². The molecule has 4 heteroatoms. The molecule has 0 fully saturated rings. The minimum Gasteiger partial charge on any atom is -0.337 e. The fourth-order valence-electron chi connectivity index (χ4n) is 1.42. The van der Waals surface area contributed by atoms with Gasteiger partial charge in [0.15, 0.2) is 0 Å². The Kier molecular flexibility index (Phi) is 2.35. The van der Waals surface area contributed by atoms with E-state index in [9.17, 15) is 0 Å². The van der Waals surface area contributed by atoms with Crippen molar-refractivity contribution < 1.29 is 0 Å². The third-order valence-corrected chi connectivity index (χ3v) is 2.09. The molecule has 74 valence electrons. The first-order chi connectivity index (χ1) is 6.79. The molecule has 0 saturated heterocycles. The lowest BCUT2D eigenvalue weighted by molar-refractivity contribution is 0.678. The number of aryl methyl sites for hydroxylation is 2. The van der Waals surface area contributed by atoms with Crippen molar-refractivity contribution in [2.45, 2.75) is 19.9 Å². The topological polar surface area (TPSA) is 35.6 Å². The third-order valence-electron chi connectivity index (χ3n) is 2.09. The molecule has 0 atom stereocenters. The van der Waals surface area contributed by atoms with Gasteiger partial charge in [-0.1, -0.05) is 6.92 Å². The molecule has 0 bridgehead atoms. The number of hydrogen-bond acceptors (Lipinski definition) is 2. The first kappa shape index (κ1) is 8.99. The molecule has 0 N–H and O–H groups in total. The molecular weight excluding hydrogens is 176 g/mol. The highest BCUT2D eigenvalue weighted by molar-refractivity contribution is 5.51. The van der Waals surface area contributed by atoms with Gasteiger partial charge in [-0.05, 0) is 12.5 Å². The van der Waals surface area contributed by atoms with Crippen molar-refractivity contribution in [3.8, 4) is 11.4 Å². The van der Waals surface area contributed by atoms with Crippen LogP contribution < -0.4 is 0 Å². The van der Waals surface area contributed by atoms with Gasteiger partial charge in [-0.3, -0.25) is 4.68 Å². The number of imidazole rings is 1. The maximum Gasteiger partial charge on any atom is 0.112 e. The van der Waals surface area contributed by atoms with Crippen LogP contribution in [0.5, 0.6) is 0 Å². The number of rotatable bonds is 3. The van der Waals surface area contributed by atoms with E-state index in [1.54, 1.807) is 4.68 Å². The fourth-order valence-corrected chi connectivity index (χ4v) is 1.42. The van der Waals surface area contributed by atoms with Crippen LogP contribution in [0.15, 0.2) is 24.8 Å². The highest BCUT2D eigenvalue weighted by atomic mass is 15.3. The lowest BCUT2D eigenvalue weighted by atomic mass is 10.3. The largest absolute Gasteiger partial charge is 0.337 e. The zero-order valence-electron chi connectivity index (χ0n) is 8.51. The third kappa shape index (κ3) is 1.69. The van der Waals surface area contributed by atoms with Crippen LogP contribution in [0, 0.1) is 0 Å². The molecule has 0 unspecified atom stereocenters. The molecule has 4 nitrogen and oxygen atoms in total. The highest BCUT2D eigenvalue weighted by Gasteiger charge is 2.03. The maximum atomic E-state index is 4.31. The minimum absolute atomic E-state index is 0.933. The van der Waals surface area contributed by atoms with Gasteiger partial charge in [0.05, 0.1) is 6.33 Å². The molecule has 14 heavy (non-hydrogen) atoms. The van der Waals surface area contributed by atoms with E-state index in [4.69, 9.17) is 0 Å². The van der Waals surface area contributed by atoms with E-state index >= 15 is 0 Å². The van der Waals surface area contributed by atoms with Crippen molar-refractivity contribution in [1.82, 2.24) is 19.3 Å². The molecule has 0 aliphatic carbocycles. The number of nitrogens with zero attached hydrogens (tertiary/aromatic N) is 4. The van der Waals surface area contributed by atoms with Crippen LogP contribution in [0.1, 0.15) is 13.3 Å². The van der Waals surface area contributed by atoms with Crippen LogP contribution in [0.4, 0.5) is 0 Å². The molecule has 2 rings (SSSR count). The van der Waals surface area contributed by atoms with Gasteiger partial charge in [0, 0.05) is 26.0 Å². The lowest BCUT2D eigenvalue weighted by Crippen LogP contribution is -1.91. The Morgan fingerprint density at radius 1 is 1.36 bits per heavy atom. The second kappa shape index (κ2) is 3.65. The predicted octanol–water partition coefficient (Wildman–Crippen LogP) is 1.69. The molecule has 0 radical (unpaired) electrons. The quantitative estimate of drug-likeness (QED) is 0.738. The van der Waals surface area contributed by atoms with Gasteiger partial charge in [-0.25, -0.2) is 4.98 Å².